The van der Waals surface area contributed by atoms with Crippen LogP contribution in [0.3, 0.4) is 0 Å². The minimum atomic E-state index is -5.75. The van der Waals surface area contributed by atoms with E-state index in [2.05, 4.69) is 20.9 Å². The molecule has 0 fully saturated rings. The summed E-state index contributed by atoms with van der Waals surface area (Å²) in [6.45, 7) is 5.05. The van der Waals surface area contributed by atoms with Gasteiger partial charge in [0.25, 0.3) is 0 Å². The molecule has 2 rings (SSSR count). The van der Waals surface area contributed by atoms with Crippen molar-refractivity contribution < 1.29 is 30.3 Å². The van der Waals surface area contributed by atoms with Crippen molar-refractivity contribution in [1.29, 1.82) is 0 Å². The highest BCUT2D eigenvalue weighted by molar-refractivity contribution is 7.88. The van der Waals surface area contributed by atoms with Crippen molar-refractivity contribution >= 4 is 10.1 Å². The molecule has 124 valence electrons. The second kappa shape index (κ2) is 6.03. The first-order valence-electron chi connectivity index (χ1n) is 6.19. The number of benzene rings is 1. The van der Waals surface area contributed by atoms with Gasteiger partial charge in [-0.2, -0.15) is 26.6 Å². The average Bonchev–Trinajstić information content (AvgIpc) is 2.86. The highest BCUT2D eigenvalue weighted by Gasteiger charge is 2.48. The summed E-state index contributed by atoms with van der Waals surface area (Å²) in [6, 6.07) is 3.84. The van der Waals surface area contributed by atoms with Gasteiger partial charge in [-0.1, -0.05) is 11.2 Å². The third-order valence-corrected chi connectivity index (χ3v) is 3.66. The zero-order valence-corrected chi connectivity index (χ0v) is 12.6. The molecule has 0 saturated carbocycles. The Morgan fingerprint density at radius 3 is 2.61 bits per heavy atom. The number of nitrogens with zero attached hydrogens (tertiary/aromatic N) is 2. The van der Waals surface area contributed by atoms with Crippen molar-refractivity contribution in [3.8, 4) is 17.1 Å². The normalized spacial score (nSPS) is 12.2. The van der Waals surface area contributed by atoms with Crippen LogP contribution in [0.1, 0.15) is 11.5 Å². The van der Waals surface area contributed by atoms with Gasteiger partial charge in [0, 0.05) is 18.1 Å². The molecule has 0 spiro atoms. The maximum absolute atomic E-state index is 12.4. The van der Waals surface area contributed by atoms with E-state index < -0.39 is 21.4 Å². The number of rotatable bonds is 5. The molecule has 1 aromatic heterocycles. The molecular formula is C13H11F3N2O4S. The number of alkyl halides is 3. The molecule has 1 aromatic carbocycles. The highest BCUT2D eigenvalue weighted by Crippen LogP contribution is 2.31. The van der Waals surface area contributed by atoms with E-state index >= 15 is 0 Å². The van der Waals surface area contributed by atoms with Crippen LogP contribution in [0.15, 0.2) is 35.4 Å². The molecule has 0 N–H and O–H groups in total. The van der Waals surface area contributed by atoms with Crippen LogP contribution in [-0.2, 0) is 16.5 Å². The van der Waals surface area contributed by atoms with Crippen LogP contribution >= 0.6 is 0 Å². The van der Waals surface area contributed by atoms with Crippen molar-refractivity contribution in [3.63, 3.8) is 0 Å². The van der Waals surface area contributed by atoms with E-state index in [4.69, 9.17) is 4.52 Å². The first-order valence-corrected chi connectivity index (χ1v) is 7.60. The molecule has 10 heteroatoms. The number of hydrogen-bond acceptors (Lipinski definition) is 6. The maximum atomic E-state index is 12.4. The van der Waals surface area contributed by atoms with E-state index in [1.807, 2.05) is 0 Å². The fourth-order valence-corrected chi connectivity index (χ4v) is 2.19. The van der Waals surface area contributed by atoms with E-state index in [0.717, 1.165) is 6.07 Å². The number of aryl methyl sites for hydroxylation is 1. The minimum Gasteiger partial charge on any atom is -0.376 e. The van der Waals surface area contributed by atoms with Crippen molar-refractivity contribution in [2.24, 2.45) is 0 Å². The third kappa shape index (κ3) is 3.70. The number of allylic oxidation sites excluding steroid dienone is 1. The monoisotopic (exact) mass is 348 g/mol. The lowest BCUT2D eigenvalue weighted by atomic mass is 10.1. The van der Waals surface area contributed by atoms with Gasteiger partial charge in [0.15, 0.2) is 0 Å². The molecule has 0 aliphatic heterocycles. The number of hydrogen-bond donors (Lipinski definition) is 0. The van der Waals surface area contributed by atoms with Gasteiger partial charge in [-0.05, 0) is 24.6 Å². The van der Waals surface area contributed by atoms with E-state index in [-0.39, 0.29) is 17.8 Å². The number of aromatic nitrogens is 2. The average molecular weight is 348 g/mol. The summed E-state index contributed by atoms with van der Waals surface area (Å²) < 4.78 is 68.5. The van der Waals surface area contributed by atoms with E-state index in [0.29, 0.717) is 11.5 Å². The van der Waals surface area contributed by atoms with Gasteiger partial charge in [0.2, 0.25) is 11.7 Å². The lowest BCUT2D eigenvalue weighted by Gasteiger charge is -2.12. The molecule has 0 aliphatic rings. The lowest BCUT2D eigenvalue weighted by molar-refractivity contribution is -0.0500. The second-order valence-corrected chi connectivity index (χ2v) is 5.97. The van der Waals surface area contributed by atoms with Gasteiger partial charge in [0.05, 0.1) is 0 Å². The van der Waals surface area contributed by atoms with E-state index in [9.17, 15) is 21.6 Å². The summed E-state index contributed by atoms with van der Waals surface area (Å²) >= 11 is 0. The fourth-order valence-electron chi connectivity index (χ4n) is 1.70. The maximum Gasteiger partial charge on any atom is 0.534 e. The molecule has 2 aromatic rings. The van der Waals surface area contributed by atoms with Crippen LogP contribution < -0.4 is 4.18 Å². The standard InChI is InChI=1S/C13H11F3N2O4S/c1-3-4-9-7-10(12-17-8(2)21-18-12)5-6-11(9)22-23(19,20)13(14,15)16/h3,5-7H,1,4H2,2H3. The quantitative estimate of drug-likeness (QED) is 0.469. The Morgan fingerprint density at radius 1 is 1.39 bits per heavy atom. The van der Waals surface area contributed by atoms with Gasteiger partial charge >= 0.3 is 15.6 Å². The van der Waals surface area contributed by atoms with Gasteiger partial charge < -0.3 is 8.71 Å². The molecule has 0 radical (unpaired) electrons. The van der Waals surface area contributed by atoms with Crippen molar-refractivity contribution in [3.05, 3.63) is 42.3 Å². The fraction of sp³-hybridized carbons (Fsp3) is 0.231. The molecule has 0 aliphatic carbocycles. The molecule has 0 amide bonds. The minimum absolute atomic E-state index is 0.0907. The van der Waals surface area contributed by atoms with Crippen LogP contribution in [0.25, 0.3) is 11.4 Å². The Labute approximate surface area is 129 Å². The van der Waals surface area contributed by atoms with Crippen molar-refractivity contribution in [1.82, 2.24) is 10.1 Å². The largest absolute Gasteiger partial charge is 0.534 e. The molecular weight excluding hydrogens is 337 g/mol. The molecule has 1 heterocycles. The third-order valence-electron chi connectivity index (χ3n) is 2.69. The predicted molar refractivity (Wildman–Crippen MR) is 74.0 cm³/mol. The highest BCUT2D eigenvalue weighted by atomic mass is 32.2. The lowest BCUT2D eigenvalue weighted by Crippen LogP contribution is -2.28. The van der Waals surface area contributed by atoms with E-state index in [1.165, 1.54) is 18.2 Å². The van der Waals surface area contributed by atoms with Gasteiger partial charge in [-0.25, -0.2) is 0 Å². The Kier molecular flexibility index (Phi) is 4.46. The topological polar surface area (TPSA) is 82.3 Å². The van der Waals surface area contributed by atoms with Crippen LogP contribution in [0.5, 0.6) is 5.75 Å². The Bertz CT molecular complexity index is 828. The van der Waals surface area contributed by atoms with Crippen LogP contribution in [0, 0.1) is 6.92 Å². The molecule has 0 atom stereocenters. The summed E-state index contributed by atoms with van der Waals surface area (Å²) in [5.41, 5.74) is -4.88. The predicted octanol–water partition coefficient (Wildman–Crippen LogP) is 3.00. The molecule has 0 bridgehead atoms. The smallest absolute Gasteiger partial charge is 0.376 e. The Hall–Kier alpha value is -2.36. The Morgan fingerprint density at radius 2 is 2.09 bits per heavy atom. The molecule has 0 saturated heterocycles. The zero-order chi connectivity index (χ0) is 17.3. The molecule has 6 nitrogen and oxygen atoms in total. The number of halogens is 3. The summed E-state index contributed by atoms with van der Waals surface area (Å²) in [4.78, 5) is 3.98. The first kappa shape index (κ1) is 17.0. The van der Waals surface area contributed by atoms with Gasteiger partial charge in [-0.15, -0.1) is 6.58 Å². The molecule has 23 heavy (non-hydrogen) atoms. The van der Waals surface area contributed by atoms with Crippen LogP contribution in [-0.4, -0.2) is 24.1 Å². The summed E-state index contributed by atoms with van der Waals surface area (Å²) in [7, 11) is -5.75. The van der Waals surface area contributed by atoms with E-state index in [1.54, 1.807) is 6.92 Å². The van der Waals surface area contributed by atoms with Gasteiger partial charge in [0.1, 0.15) is 5.75 Å². The first-order chi connectivity index (χ1) is 10.6. The summed E-state index contributed by atoms with van der Waals surface area (Å²) in [5, 5.41) is 3.68. The SMILES string of the molecule is C=CCc1cc(-c2noc(C)n2)ccc1OS(=O)(=O)C(F)(F)F. The van der Waals surface area contributed by atoms with Crippen LogP contribution in [0.2, 0.25) is 0 Å². The second-order valence-electron chi connectivity index (χ2n) is 4.44. The van der Waals surface area contributed by atoms with Gasteiger partial charge in [-0.3, -0.25) is 0 Å². The summed E-state index contributed by atoms with van der Waals surface area (Å²) in [5.74, 6) is 0.0921. The van der Waals surface area contributed by atoms with Crippen molar-refractivity contribution in [2.45, 2.75) is 18.9 Å². The zero-order valence-electron chi connectivity index (χ0n) is 11.8. The molecule has 0 unspecified atom stereocenters. The van der Waals surface area contributed by atoms with Crippen LogP contribution in [0.4, 0.5) is 13.2 Å². The van der Waals surface area contributed by atoms with Crippen molar-refractivity contribution in [2.75, 3.05) is 0 Å². The summed E-state index contributed by atoms with van der Waals surface area (Å²) in [6.07, 6.45) is 1.49. The Balaban J connectivity index is 2.43.